The van der Waals surface area contributed by atoms with Gasteiger partial charge >= 0.3 is 6.18 Å². The van der Waals surface area contributed by atoms with Crippen LogP contribution in [0.1, 0.15) is 56.0 Å². The van der Waals surface area contributed by atoms with E-state index in [1.807, 2.05) is 13.0 Å². The Morgan fingerprint density at radius 1 is 1.23 bits per heavy atom. The SMILES string of the molecule is CCCNS(=O)NC1(c2cccc(C(F)C=C(Oc3ccc(C(F)(F)F)cc3)N(N)CC)c2)CC1. The molecule has 1 fully saturated rings. The minimum Gasteiger partial charge on any atom is -0.440 e. The molecule has 192 valence electrons. The van der Waals surface area contributed by atoms with E-state index in [-0.39, 0.29) is 18.2 Å². The lowest BCUT2D eigenvalue weighted by Gasteiger charge is -2.22. The van der Waals surface area contributed by atoms with Gasteiger partial charge in [-0.1, -0.05) is 31.2 Å². The molecule has 2 aromatic carbocycles. The molecule has 0 bridgehead atoms. The number of rotatable bonds is 12. The summed E-state index contributed by atoms with van der Waals surface area (Å²) in [5.74, 6) is 6.00. The third-order valence-electron chi connectivity index (χ3n) is 5.60. The van der Waals surface area contributed by atoms with Crippen LogP contribution in [0.3, 0.4) is 0 Å². The predicted molar refractivity (Wildman–Crippen MR) is 127 cm³/mol. The van der Waals surface area contributed by atoms with E-state index in [2.05, 4.69) is 9.44 Å². The summed E-state index contributed by atoms with van der Waals surface area (Å²) in [6, 6.07) is 11.0. The first-order chi connectivity index (χ1) is 16.6. The number of ether oxygens (including phenoxy) is 1. The second-order valence-corrected chi connectivity index (χ2v) is 9.32. The van der Waals surface area contributed by atoms with Crippen molar-refractivity contribution in [1.29, 1.82) is 0 Å². The van der Waals surface area contributed by atoms with Crippen LogP contribution in [0.15, 0.2) is 60.5 Å². The van der Waals surface area contributed by atoms with Crippen LogP contribution in [-0.4, -0.2) is 22.3 Å². The van der Waals surface area contributed by atoms with Crippen molar-refractivity contribution in [2.75, 3.05) is 13.1 Å². The maximum absolute atomic E-state index is 15.3. The van der Waals surface area contributed by atoms with E-state index in [9.17, 15) is 17.4 Å². The Bertz CT molecular complexity index is 1040. The first kappa shape index (κ1) is 27.1. The molecule has 11 heteroatoms. The number of allylic oxidation sites excluding steroid dienone is 1. The normalized spacial score (nSPS) is 17.1. The number of benzene rings is 2. The minimum absolute atomic E-state index is 0.0331. The highest BCUT2D eigenvalue weighted by Gasteiger charge is 2.45. The van der Waals surface area contributed by atoms with Crippen molar-refractivity contribution in [2.24, 2.45) is 5.84 Å². The van der Waals surface area contributed by atoms with Crippen LogP contribution in [0.4, 0.5) is 17.6 Å². The minimum atomic E-state index is -4.47. The molecule has 3 rings (SSSR count). The van der Waals surface area contributed by atoms with Crippen LogP contribution in [0, 0.1) is 0 Å². The standard InChI is InChI=1S/C24H30F4N4O2S/c1-3-14-30-35(33)31-23(12-13-23)19-7-5-6-17(15-19)21(25)16-22(32(29)4-2)34-20-10-8-18(9-11-20)24(26,27)28/h5-11,15-16,21,30-31H,3-4,12-14,29H2,1-2H3. The summed E-state index contributed by atoms with van der Waals surface area (Å²) >= 11 is -1.41. The number of halogens is 4. The third kappa shape index (κ3) is 7.26. The molecule has 1 aliphatic rings. The van der Waals surface area contributed by atoms with Gasteiger partial charge in [-0.25, -0.2) is 23.9 Å². The maximum atomic E-state index is 15.3. The van der Waals surface area contributed by atoms with Crippen molar-refractivity contribution in [3.63, 3.8) is 0 Å². The Morgan fingerprint density at radius 3 is 2.49 bits per heavy atom. The average molecular weight is 515 g/mol. The lowest BCUT2D eigenvalue weighted by Crippen LogP contribution is -2.38. The van der Waals surface area contributed by atoms with Crippen molar-refractivity contribution < 1.29 is 26.5 Å². The molecule has 0 aromatic heterocycles. The molecule has 2 unspecified atom stereocenters. The molecule has 1 saturated carbocycles. The molecule has 0 aliphatic heterocycles. The molecule has 0 heterocycles. The lowest BCUT2D eigenvalue weighted by atomic mass is 10.0. The van der Waals surface area contributed by atoms with Gasteiger partial charge in [0.25, 0.3) is 0 Å². The summed E-state index contributed by atoms with van der Waals surface area (Å²) in [6.07, 6.45) is -2.50. The fourth-order valence-electron chi connectivity index (χ4n) is 3.39. The van der Waals surface area contributed by atoms with Gasteiger partial charge in [-0.2, -0.15) is 13.2 Å². The van der Waals surface area contributed by atoms with Crippen LogP contribution >= 0.6 is 0 Å². The molecule has 4 N–H and O–H groups in total. The number of hydrogen-bond acceptors (Lipinski definition) is 4. The van der Waals surface area contributed by atoms with Crippen LogP contribution in [0.2, 0.25) is 0 Å². The van der Waals surface area contributed by atoms with Crippen molar-refractivity contribution >= 4 is 11.2 Å². The molecule has 1 aliphatic carbocycles. The summed E-state index contributed by atoms with van der Waals surface area (Å²) in [4.78, 5) is 0. The first-order valence-corrected chi connectivity index (χ1v) is 12.5. The van der Waals surface area contributed by atoms with E-state index in [1.54, 1.807) is 25.1 Å². The smallest absolute Gasteiger partial charge is 0.416 e. The third-order valence-corrected chi connectivity index (χ3v) is 6.64. The van der Waals surface area contributed by atoms with Gasteiger partial charge in [0.2, 0.25) is 5.88 Å². The van der Waals surface area contributed by atoms with Gasteiger partial charge in [0.15, 0.2) is 11.2 Å². The van der Waals surface area contributed by atoms with Gasteiger partial charge in [0, 0.05) is 19.2 Å². The quantitative estimate of drug-likeness (QED) is 0.161. The number of hydrogen-bond donors (Lipinski definition) is 3. The van der Waals surface area contributed by atoms with Gasteiger partial charge in [-0.15, -0.1) is 0 Å². The summed E-state index contributed by atoms with van der Waals surface area (Å²) < 4.78 is 77.7. The topological polar surface area (TPSA) is 79.6 Å². The molecule has 0 spiro atoms. The molecule has 35 heavy (non-hydrogen) atoms. The predicted octanol–water partition coefficient (Wildman–Crippen LogP) is 4.99. The summed E-state index contributed by atoms with van der Waals surface area (Å²) in [6.45, 7) is 4.60. The zero-order valence-corrected chi connectivity index (χ0v) is 20.4. The fourth-order valence-corrected chi connectivity index (χ4v) is 4.53. The second-order valence-electron chi connectivity index (χ2n) is 8.29. The van der Waals surface area contributed by atoms with E-state index in [0.717, 1.165) is 49.1 Å². The van der Waals surface area contributed by atoms with Crippen LogP contribution < -0.4 is 20.0 Å². The van der Waals surface area contributed by atoms with Gasteiger partial charge in [0.1, 0.15) is 11.9 Å². The van der Waals surface area contributed by atoms with Gasteiger partial charge in [0.05, 0.1) is 11.1 Å². The monoisotopic (exact) mass is 514 g/mol. The molecule has 2 aromatic rings. The molecule has 0 amide bonds. The van der Waals surface area contributed by atoms with E-state index >= 15 is 4.39 Å². The van der Waals surface area contributed by atoms with E-state index in [4.69, 9.17) is 10.6 Å². The Morgan fingerprint density at radius 2 is 1.91 bits per heavy atom. The number of nitrogens with one attached hydrogen (secondary N) is 2. The molecule has 0 saturated heterocycles. The highest BCUT2D eigenvalue weighted by atomic mass is 32.2. The lowest BCUT2D eigenvalue weighted by molar-refractivity contribution is -0.137. The maximum Gasteiger partial charge on any atom is 0.416 e. The van der Waals surface area contributed by atoms with Crippen LogP contribution in [0.25, 0.3) is 0 Å². The highest BCUT2D eigenvalue weighted by molar-refractivity contribution is 7.81. The number of alkyl halides is 4. The number of nitrogens with two attached hydrogens (primary N) is 1. The Hall–Kier alpha value is -2.47. The van der Waals surface area contributed by atoms with Gasteiger partial charge in [-0.05, 0) is 61.6 Å². The van der Waals surface area contributed by atoms with Gasteiger partial charge < -0.3 is 4.74 Å². The molecule has 2 atom stereocenters. The Balaban J connectivity index is 1.78. The second kappa shape index (κ2) is 11.5. The van der Waals surface area contributed by atoms with E-state index in [1.165, 1.54) is 11.1 Å². The summed E-state index contributed by atoms with van der Waals surface area (Å²) in [5.41, 5.74) is -0.124. The average Bonchev–Trinajstić information content (AvgIpc) is 3.62. The van der Waals surface area contributed by atoms with Crippen molar-refractivity contribution in [3.8, 4) is 5.75 Å². The van der Waals surface area contributed by atoms with Gasteiger partial charge in [-0.3, -0.25) is 5.01 Å². The number of hydrazine groups is 1. The zero-order valence-electron chi connectivity index (χ0n) is 19.6. The Labute approximate surface area is 205 Å². The molecular weight excluding hydrogens is 484 g/mol. The fraction of sp³-hybridized carbons (Fsp3) is 0.417. The van der Waals surface area contributed by atoms with E-state index < -0.39 is 34.6 Å². The molecule has 0 radical (unpaired) electrons. The van der Waals surface area contributed by atoms with E-state index in [0.29, 0.717) is 12.1 Å². The van der Waals surface area contributed by atoms with Crippen molar-refractivity contribution in [3.05, 3.63) is 77.2 Å². The first-order valence-electron chi connectivity index (χ1n) is 11.3. The van der Waals surface area contributed by atoms with Crippen molar-refractivity contribution in [2.45, 2.75) is 51.0 Å². The Kier molecular flexibility index (Phi) is 8.92. The molecular formula is C24H30F4N4O2S. The van der Waals surface area contributed by atoms with Crippen LogP contribution in [0.5, 0.6) is 5.75 Å². The van der Waals surface area contributed by atoms with Crippen molar-refractivity contribution in [1.82, 2.24) is 14.5 Å². The highest BCUT2D eigenvalue weighted by Crippen LogP contribution is 2.46. The largest absolute Gasteiger partial charge is 0.440 e. The zero-order chi connectivity index (χ0) is 25.6. The molecule has 6 nitrogen and oxygen atoms in total. The van der Waals surface area contributed by atoms with Crippen LogP contribution in [-0.2, 0) is 22.9 Å². The summed E-state index contributed by atoms with van der Waals surface area (Å²) in [7, 11) is 0. The summed E-state index contributed by atoms with van der Waals surface area (Å²) in [5, 5.41) is 1.17. The number of nitrogens with zero attached hydrogens (tertiary/aromatic N) is 1.